The first kappa shape index (κ1) is 23.9. The molecule has 2 aliphatic carbocycles. The molecule has 0 heterocycles. The van der Waals surface area contributed by atoms with Crippen molar-refractivity contribution in [1.29, 1.82) is 0 Å². The predicted molar refractivity (Wildman–Crippen MR) is 128 cm³/mol. The lowest BCUT2D eigenvalue weighted by atomic mass is 9.46. The molecule has 4 rings (SSSR count). The van der Waals surface area contributed by atoms with Crippen LogP contribution in [0.2, 0.25) is 0 Å². The van der Waals surface area contributed by atoms with Crippen molar-refractivity contribution in [1.82, 2.24) is 5.32 Å². The first-order valence-electron chi connectivity index (χ1n) is 12.2. The van der Waals surface area contributed by atoms with Crippen molar-refractivity contribution in [2.45, 2.75) is 64.2 Å². The van der Waals surface area contributed by atoms with Crippen molar-refractivity contribution in [2.75, 3.05) is 6.61 Å². The Morgan fingerprint density at radius 1 is 0.970 bits per heavy atom. The van der Waals surface area contributed by atoms with Crippen LogP contribution in [0.1, 0.15) is 63.1 Å². The summed E-state index contributed by atoms with van der Waals surface area (Å²) in [6.45, 7) is 4.01. The van der Waals surface area contributed by atoms with E-state index in [1.54, 1.807) is 0 Å². The maximum atomic E-state index is 13.4. The molecule has 0 radical (unpaired) electrons. The summed E-state index contributed by atoms with van der Waals surface area (Å²) in [7, 11) is 0. The molecular weight excluding hydrogens is 414 g/mol. The van der Waals surface area contributed by atoms with E-state index in [4.69, 9.17) is 0 Å². The first-order chi connectivity index (χ1) is 15.8. The lowest BCUT2D eigenvalue weighted by Gasteiger charge is -2.60. The largest absolute Gasteiger partial charge is 0.396 e. The second-order valence-electron chi connectivity index (χ2n) is 10.6. The van der Waals surface area contributed by atoms with Gasteiger partial charge in [0.05, 0.1) is 24.9 Å². The summed E-state index contributed by atoms with van der Waals surface area (Å²) >= 11 is 0. The van der Waals surface area contributed by atoms with Crippen LogP contribution in [-0.2, 0) is 4.79 Å². The van der Waals surface area contributed by atoms with Crippen LogP contribution in [0.15, 0.2) is 60.7 Å². The van der Waals surface area contributed by atoms with Gasteiger partial charge in [-0.1, -0.05) is 74.5 Å². The standard InChI is InChI=1S/C28H37NO4/c1-27-16-15-24(32)28(2,18-30)23(27)14-13-22(31)21(27)17-25(33)29-26(19-9-5-3-6-10-19)20-11-7-4-8-12-20/h3-12,21-24,26,30-32H,13-18H2,1-2H3,(H,29,33). The average molecular weight is 452 g/mol. The molecule has 0 aromatic heterocycles. The molecule has 1 amide bonds. The fraction of sp³-hybridized carbons (Fsp3) is 0.536. The maximum absolute atomic E-state index is 13.4. The fourth-order valence-electron chi connectivity index (χ4n) is 6.67. The van der Waals surface area contributed by atoms with Gasteiger partial charge in [0.2, 0.25) is 5.91 Å². The molecule has 2 saturated carbocycles. The van der Waals surface area contributed by atoms with Gasteiger partial charge >= 0.3 is 0 Å². The lowest BCUT2D eigenvalue weighted by molar-refractivity contribution is -0.186. The minimum atomic E-state index is -0.613. The van der Waals surface area contributed by atoms with Gasteiger partial charge in [-0.3, -0.25) is 4.79 Å². The molecular formula is C28H37NO4. The number of nitrogens with one attached hydrogen (secondary N) is 1. The van der Waals surface area contributed by atoms with Crippen molar-refractivity contribution >= 4 is 5.91 Å². The number of hydrogen-bond acceptors (Lipinski definition) is 4. The van der Waals surface area contributed by atoms with Crippen molar-refractivity contribution in [3.8, 4) is 0 Å². The molecule has 2 aliphatic rings. The topological polar surface area (TPSA) is 89.8 Å². The maximum Gasteiger partial charge on any atom is 0.221 e. The average Bonchev–Trinajstić information content (AvgIpc) is 2.83. The highest BCUT2D eigenvalue weighted by molar-refractivity contribution is 5.77. The van der Waals surface area contributed by atoms with E-state index in [9.17, 15) is 20.1 Å². The summed E-state index contributed by atoms with van der Waals surface area (Å²) in [5.41, 5.74) is 1.09. The predicted octanol–water partition coefficient (Wildman–Crippen LogP) is 3.83. The number of rotatable bonds is 6. The zero-order chi connectivity index (χ0) is 23.6. The van der Waals surface area contributed by atoms with Gasteiger partial charge in [-0.05, 0) is 54.1 Å². The van der Waals surface area contributed by atoms with Gasteiger partial charge in [0.25, 0.3) is 0 Å². The summed E-state index contributed by atoms with van der Waals surface area (Å²) in [6.07, 6.45) is 1.74. The smallest absolute Gasteiger partial charge is 0.221 e. The van der Waals surface area contributed by atoms with Crippen molar-refractivity contribution < 1.29 is 20.1 Å². The zero-order valence-electron chi connectivity index (χ0n) is 19.7. The van der Waals surface area contributed by atoms with Crippen LogP contribution in [0.5, 0.6) is 0 Å². The summed E-state index contributed by atoms with van der Waals surface area (Å²) < 4.78 is 0. The molecule has 178 valence electrons. The van der Waals surface area contributed by atoms with Gasteiger partial charge in [-0.25, -0.2) is 0 Å². The van der Waals surface area contributed by atoms with E-state index in [0.717, 1.165) is 24.0 Å². The molecule has 6 unspecified atom stereocenters. The van der Waals surface area contributed by atoms with E-state index >= 15 is 0 Å². The van der Waals surface area contributed by atoms with E-state index in [2.05, 4.69) is 12.2 Å². The number of benzene rings is 2. The summed E-state index contributed by atoms with van der Waals surface area (Å²) in [6, 6.07) is 19.6. The summed E-state index contributed by atoms with van der Waals surface area (Å²) in [4.78, 5) is 13.4. The Kier molecular flexibility index (Phi) is 6.94. The third kappa shape index (κ3) is 4.46. The number of fused-ring (bicyclic) bond motifs is 1. The Balaban J connectivity index is 1.57. The Labute approximate surface area is 196 Å². The van der Waals surface area contributed by atoms with Gasteiger partial charge in [-0.15, -0.1) is 0 Å². The number of aliphatic hydroxyl groups excluding tert-OH is 3. The molecule has 2 aromatic rings. The Morgan fingerprint density at radius 2 is 1.55 bits per heavy atom. The van der Waals surface area contributed by atoms with Crippen LogP contribution in [0, 0.1) is 22.7 Å². The van der Waals surface area contributed by atoms with Crippen molar-refractivity contribution in [3.05, 3.63) is 71.8 Å². The monoisotopic (exact) mass is 451 g/mol. The van der Waals surface area contributed by atoms with E-state index in [0.29, 0.717) is 12.8 Å². The molecule has 2 aromatic carbocycles. The molecule has 6 atom stereocenters. The van der Waals surface area contributed by atoms with Crippen LogP contribution in [0.25, 0.3) is 0 Å². The highest BCUT2D eigenvalue weighted by atomic mass is 16.3. The van der Waals surface area contributed by atoms with E-state index in [1.807, 2.05) is 67.6 Å². The Hall–Kier alpha value is -2.21. The van der Waals surface area contributed by atoms with Gasteiger partial charge in [0.15, 0.2) is 0 Å². The zero-order valence-corrected chi connectivity index (χ0v) is 19.7. The van der Waals surface area contributed by atoms with Crippen molar-refractivity contribution in [2.24, 2.45) is 22.7 Å². The van der Waals surface area contributed by atoms with E-state index < -0.39 is 17.6 Å². The van der Waals surface area contributed by atoms with Crippen LogP contribution in [0.3, 0.4) is 0 Å². The third-order valence-electron chi connectivity index (χ3n) is 8.69. The second-order valence-corrected chi connectivity index (χ2v) is 10.6. The van der Waals surface area contributed by atoms with E-state index in [-0.39, 0.29) is 42.2 Å². The third-order valence-corrected chi connectivity index (χ3v) is 8.69. The molecule has 33 heavy (non-hydrogen) atoms. The SMILES string of the molecule is CC1(CO)C(O)CCC2(C)C(CC(=O)NC(c3ccccc3)c3ccccc3)C(O)CCC12. The lowest BCUT2D eigenvalue weighted by Crippen LogP contribution is -2.60. The normalized spacial score (nSPS) is 34.0. The van der Waals surface area contributed by atoms with Crippen LogP contribution in [-0.4, -0.2) is 40.0 Å². The minimum Gasteiger partial charge on any atom is -0.396 e. The van der Waals surface area contributed by atoms with Crippen LogP contribution < -0.4 is 5.32 Å². The summed E-state index contributed by atoms with van der Waals surface area (Å²) in [5.74, 6) is -0.253. The van der Waals surface area contributed by atoms with Gasteiger partial charge < -0.3 is 20.6 Å². The highest BCUT2D eigenvalue weighted by Gasteiger charge is 2.59. The Morgan fingerprint density at radius 3 is 2.09 bits per heavy atom. The number of carbonyl (C=O) groups is 1. The molecule has 0 spiro atoms. The molecule has 5 nitrogen and oxygen atoms in total. The van der Waals surface area contributed by atoms with Gasteiger partial charge in [0, 0.05) is 11.8 Å². The molecule has 0 bridgehead atoms. The van der Waals surface area contributed by atoms with Gasteiger partial charge in [-0.2, -0.15) is 0 Å². The van der Waals surface area contributed by atoms with E-state index in [1.165, 1.54) is 0 Å². The van der Waals surface area contributed by atoms with Gasteiger partial charge in [0.1, 0.15) is 0 Å². The molecule has 2 fully saturated rings. The highest BCUT2D eigenvalue weighted by Crippen LogP contribution is 2.60. The summed E-state index contributed by atoms with van der Waals surface area (Å²) in [5, 5.41) is 35.1. The van der Waals surface area contributed by atoms with Crippen LogP contribution in [0.4, 0.5) is 0 Å². The Bertz CT molecular complexity index is 896. The first-order valence-corrected chi connectivity index (χ1v) is 12.2. The molecule has 0 saturated heterocycles. The number of carbonyl (C=O) groups excluding carboxylic acids is 1. The second kappa shape index (κ2) is 9.57. The number of aliphatic hydroxyl groups is 3. The molecule has 0 aliphatic heterocycles. The van der Waals surface area contributed by atoms with Crippen molar-refractivity contribution in [3.63, 3.8) is 0 Å². The molecule has 4 N–H and O–H groups in total. The number of amides is 1. The fourth-order valence-corrected chi connectivity index (χ4v) is 6.67. The number of hydrogen-bond donors (Lipinski definition) is 4. The molecule has 5 heteroatoms. The van der Waals surface area contributed by atoms with Crippen LogP contribution >= 0.6 is 0 Å². The quantitative estimate of drug-likeness (QED) is 0.537. The minimum absolute atomic E-state index is 0.0546.